The van der Waals surface area contributed by atoms with Gasteiger partial charge in [0, 0.05) is 0 Å². The van der Waals surface area contributed by atoms with Gasteiger partial charge in [0.25, 0.3) is 0 Å². The fourth-order valence-electron chi connectivity index (χ4n) is 1.43. The van der Waals surface area contributed by atoms with E-state index in [0.717, 1.165) is 0 Å². The minimum Gasteiger partial charge on any atom is -0.409 e. The van der Waals surface area contributed by atoms with Gasteiger partial charge < -0.3 is 9.47 Å². The van der Waals surface area contributed by atoms with E-state index >= 15 is 0 Å². The number of nitriles is 1. The van der Waals surface area contributed by atoms with E-state index in [9.17, 15) is 9.59 Å². The molecule has 0 radical (unpaired) electrons. The van der Waals surface area contributed by atoms with Crippen LogP contribution in [0.3, 0.4) is 0 Å². The predicted molar refractivity (Wildman–Crippen MR) is 72.4 cm³/mol. The predicted octanol–water partition coefficient (Wildman–Crippen LogP) is 3.17. The molecule has 0 heterocycles. The molecule has 0 spiro atoms. The molecule has 21 heavy (non-hydrogen) atoms. The van der Waals surface area contributed by atoms with Crippen LogP contribution in [0.2, 0.25) is 0 Å². The van der Waals surface area contributed by atoms with E-state index in [1.165, 1.54) is 30.5 Å². The molecule has 2 aromatic rings. The van der Waals surface area contributed by atoms with Crippen molar-refractivity contribution in [2.24, 2.45) is 0 Å². The van der Waals surface area contributed by atoms with Crippen molar-refractivity contribution < 1.29 is 19.1 Å². The molecule has 0 aliphatic carbocycles. The van der Waals surface area contributed by atoms with Gasteiger partial charge in [0.2, 0.25) is 0 Å². The Bertz CT molecular complexity index is 612. The minimum atomic E-state index is -1.13. The molecule has 0 aliphatic heterocycles. The molecule has 0 N–H and O–H groups in total. The normalized spacial score (nSPS) is 9.29. The summed E-state index contributed by atoms with van der Waals surface area (Å²) >= 11 is 0. The van der Waals surface area contributed by atoms with Gasteiger partial charge >= 0.3 is 12.2 Å². The Hall–Kier alpha value is -3.33. The summed E-state index contributed by atoms with van der Waals surface area (Å²) in [5.41, 5.74) is 0. The highest BCUT2D eigenvalue weighted by atomic mass is 16.6. The van der Waals surface area contributed by atoms with Crippen LogP contribution in [-0.4, -0.2) is 17.1 Å². The lowest BCUT2D eigenvalue weighted by atomic mass is 10.3. The summed E-state index contributed by atoms with van der Waals surface area (Å²) < 4.78 is 9.78. The number of hydrogen-bond donors (Lipinski definition) is 0. The van der Waals surface area contributed by atoms with E-state index in [1.807, 2.05) is 0 Å². The van der Waals surface area contributed by atoms with Crippen molar-refractivity contribution in [1.29, 1.82) is 5.26 Å². The lowest BCUT2D eigenvalue weighted by Crippen LogP contribution is -2.36. The summed E-state index contributed by atoms with van der Waals surface area (Å²) in [6.45, 7) is 0. The number of ether oxygens (including phenoxy) is 2. The SMILES string of the molecule is N#CN(C(=O)Oc1ccccc1)C(=O)Oc1ccccc1. The van der Waals surface area contributed by atoms with Crippen LogP contribution in [0.1, 0.15) is 0 Å². The van der Waals surface area contributed by atoms with Gasteiger partial charge in [0.05, 0.1) is 0 Å². The van der Waals surface area contributed by atoms with Crippen LogP contribution < -0.4 is 9.47 Å². The Morgan fingerprint density at radius 3 is 1.52 bits per heavy atom. The van der Waals surface area contributed by atoms with Crippen LogP contribution in [0, 0.1) is 11.5 Å². The number of carbonyl (C=O) groups is 2. The Kier molecular flexibility index (Phi) is 4.51. The van der Waals surface area contributed by atoms with Crippen molar-refractivity contribution in [3.05, 3.63) is 60.7 Å². The molecule has 0 bridgehead atoms. The van der Waals surface area contributed by atoms with Crippen LogP contribution in [0.5, 0.6) is 11.5 Å². The Labute approximate surface area is 120 Å². The van der Waals surface area contributed by atoms with Crippen LogP contribution in [-0.2, 0) is 0 Å². The van der Waals surface area contributed by atoms with Gasteiger partial charge in [0.1, 0.15) is 11.5 Å². The number of para-hydroxylation sites is 2. The van der Waals surface area contributed by atoms with Crippen molar-refractivity contribution in [2.45, 2.75) is 0 Å². The maximum absolute atomic E-state index is 11.8. The fraction of sp³-hybridized carbons (Fsp3) is 0. The summed E-state index contributed by atoms with van der Waals surface area (Å²) in [6.07, 6.45) is -0.843. The molecule has 0 saturated heterocycles. The standard InChI is InChI=1S/C15H10N2O4/c16-11-17(14(18)20-12-7-3-1-4-8-12)15(19)21-13-9-5-2-6-10-13/h1-10H. The van der Waals surface area contributed by atoms with Crippen molar-refractivity contribution in [3.63, 3.8) is 0 Å². The number of amides is 2. The number of benzene rings is 2. The van der Waals surface area contributed by atoms with Crippen molar-refractivity contribution in [2.75, 3.05) is 0 Å². The number of imide groups is 1. The summed E-state index contributed by atoms with van der Waals surface area (Å²) in [5.74, 6) is 0.436. The first-order valence-corrected chi connectivity index (χ1v) is 5.94. The molecule has 0 aromatic heterocycles. The molecule has 0 unspecified atom stereocenters. The van der Waals surface area contributed by atoms with E-state index in [-0.39, 0.29) is 16.4 Å². The van der Waals surface area contributed by atoms with E-state index in [1.54, 1.807) is 36.4 Å². The third-order valence-electron chi connectivity index (χ3n) is 2.36. The monoisotopic (exact) mass is 282 g/mol. The van der Waals surface area contributed by atoms with Gasteiger partial charge in [-0.05, 0) is 24.3 Å². The first kappa shape index (κ1) is 14.1. The molecular formula is C15H10N2O4. The summed E-state index contributed by atoms with van der Waals surface area (Å²) in [6, 6.07) is 16.2. The minimum absolute atomic E-state index is 0.194. The highest BCUT2D eigenvalue weighted by Crippen LogP contribution is 2.13. The Balaban J connectivity index is 2.04. The third-order valence-corrected chi connectivity index (χ3v) is 2.36. The molecule has 6 nitrogen and oxygen atoms in total. The second kappa shape index (κ2) is 6.73. The van der Waals surface area contributed by atoms with E-state index in [0.29, 0.717) is 0 Å². The smallest absolute Gasteiger partial charge is 0.409 e. The maximum Gasteiger partial charge on any atom is 0.438 e. The first-order chi connectivity index (χ1) is 10.2. The maximum atomic E-state index is 11.8. The van der Waals surface area contributed by atoms with Crippen LogP contribution in [0.25, 0.3) is 0 Å². The highest BCUT2D eigenvalue weighted by Gasteiger charge is 2.25. The van der Waals surface area contributed by atoms with Crippen molar-refractivity contribution in [3.8, 4) is 17.7 Å². The molecule has 2 aromatic carbocycles. The Morgan fingerprint density at radius 2 is 1.19 bits per heavy atom. The van der Waals surface area contributed by atoms with E-state index in [4.69, 9.17) is 14.7 Å². The van der Waals surface area contributed by atoms with Gasteiger partial charge in [-0.1, -0.05) is 36.4 Å². The van der Waals surface area contributed by atoms with Gasteiger partial charge in [-0.3, -0.25) is 0 Å². The van der Waals surface area contributed by atoms with E-state index < -0.39 is 12.2 Å². The first-order valence-electron chi connectivity index (χ1n) is 5.94. The van der Waals surface area contributed by atoms with Gasteiger partial charge in [0.15, 0.2) is 6.19 Å². The number of carbonyl (C=O) groups excluding carboxylic acids is 2. The molecule has 2 rings (SSSR count). The fourth-order valence-corrected chi connectivity index (χ4v) is 1.43. The number of hydrogen-bond acceptors (Lipinski definition) is 5. The second-order valence-electron chi connectivity index (χ2n) is 3.80. The highest BCUT2D eigenvalue weighted by molar-refractivity contribution is 5.91. The average Bonchev–Trinajstić information content (AvgIpc) is 2.50. The molecular weight excluding hydrogens is 272 g/mol. The molecule has 104 valence electrons. The summed E-state index contributed by atoms with van der Waals surface area (Å²) in [7, 11) is 0. The Morgan fingerprint density at radius 1 is 0.810 bits per heavy atom. The van der Waals surface area contributed by atoms with Gasteiger partial charge in [-0.15, -0.1) is 4.90 Å². The molecule has 0 atom stereocenters. The van der Waals surface area contributed by atoms with E-state index in [2.05, 4.69) is 0 Å². The average molecular weight is 282 g/mol. The largest absolute Gasteiger partial charge is 0.438 e. The zero-order valence-electron chi connectivity index (χ0n) is 10.8. The summed E-state index contributed by atoms with van der Waals surface area (Å²) in [4.78, 5) is 23.7. The third kappa shape index (κ3) is 3.81. The molecule has 2 amide bonds. The topological polar surface area (TPSA) is 79.6 Å². The van der Waals surface area contributed by atoms with Crippen LogP contribution >= 0.6 is 0 Å². The molecule has 0 saturated carbocycles. The number of nitrogens with zero attached hydrogens (tertiary/aromatic N) is 2. The van der Waals surface area contributed by atoms with Crippen molar-refractivity contribution >= 4 is 12.2 Å². The lowest BCUT2D eigenvalue weighted by Gasteiger charge is -2.12. The molecule has 0 aliphatic rings. The van der Waals surface area contributed by atoms with Gasteiger partial charge in [-0.25, -0.2) is 9.59 Å². The van der Waals surface area contributed by atoms with Gasteiger partial charge in [-0.2, -0.15) is 5.26 Å². The zero-order chi connectivity index (χ0) is 15.1. The molecule has 0 fully saturated rings. The second-order valence-corrected chi connectivity index (χ2v) is 3.80. The lowest BCUT2D eigenvalue weighted by molar-refractivity contribution is 0.149. The van der Waals surface area contributed by atoms with Crippen molar-refractivity contribution in [1.82, 2.24) is 4.90 Å². The molecule has 6 heteroatoms. The number of rotatable bonds is 2. The van der Waals surface area contributed by atoms with Crippen LogP contribution in [0.4, 0.5) is 9.59 Å². The quantitative estimate of drug-likeness (QED) is 0.624. The summed E-state index contributed by atoms with van der Waals surface area (Å²) in [5, 5.41) is 8.90. The van der Waals surface area contributed by atoms with Crippen LogP contribution in [0.15, 0.2) is 60.7 Å². The zero-order valence-corrected chi connectivity index (χ0v) is 10.8.